The SMILES string of the molecule is CC(OCC(C)(C)CS(N)(=O)=O)c1ccccc1. The number of nitrogens with two attached hydrogens (primary N) is 1. The van der Waals surface area contributed by atoms with Crippen LogP contribution in [0.25, 0.3) is 0 Å². The van der Waals surface area contributed by atoms with E-state index in [1.54, 1.807) is 0 Å². The predicted molar refractivity (Wildman–Crippen MR) is 72.6 cm³/mol. The Morgan fingerprint density at radius 3 is 2.33 bits per heavy atom. The maximum absolute atomic E-state index is 11.1. The fourth-order valence-corrected chi connectivity index (χ4v) is 2.93. The van der Waals surface area contributed by atoms with E-state index in [9.17, 15) is 8.42 Å². The molecule has 18 heavy (non-hydrogen) atoms. The molecule has 0 radical (unpaired) electrons. The van der Waals surface area contributed by atoms with Gasteiger partial charge in [0.15, 0.2) is 0 Å². The van der Waals surface area contributed by atoms with Gasteiger partial charge in [-0.05, 0) is 12.5 Å². The van der Waals surface area contributed by atoms with Gasteiger partial charge in [-0.1, -0.05) is 44.2 Å². The first-order chi connectivity index (χ1) is 8.20. The first-order valence-corrected chi connectivity index (χ1v) is 7.58. The molecule has 0 saturated carbocycles. The summed E-state index contributed by atoms with van der Waals surface area (Å²) in [4.78, 5) is 0. The quantitative estimate of drug-likeness (QED) is 0.861. The van der Waals surface area contributed by atoms with E-state index in [0.29, 0.717) is 6.61 Å². The van der Waals surface area contributed by atoms with Crippen molar-refractivity contribution in [3.05, 3.63) is 35.9 Å². The molecule has 1 atom stereocenters. The molecule has 0 heterocycles. The normalized spacial score (nSPS) is 14.4. The van der Waals surface area contributed by atoms with Gasteiger partial charge < -0.3 is 4.74 Å². The van der Waals surface area contributed by atoms with Crippen molar-refractivity contribution in [1.29, 1.82) is 0 Å². The van der Waals surface area contributed by atoms with E-state index >= 15 is 0 Å². The molecule has 0 amide bonds. The van der Waals surface area contributed by atoms with E-state index in [4.69, 9.17) is 9.88 Å². The monoisotopic (exact) mass is 271 g/mol. The van der Waals surface area contributed by atoms with Gasteiger partial charge in [0.2, 0.25) is 10.0 Å². The molecule has 1 aromatic carbocycles. The van der Waals surface area contributed by atoms with Gasteiger partial charge in [0, 0.05) is 5.41 Å². The molecule has 0 spiro atoms. The molecule has 1 aromatic rings. The Hall–Kier alpha value is -0.910. The zero-order chi connectivity index (χ0) is 13.8. The summed E-state index contributed by atoms with van der Waals surface area (Å²) >= 11 is 0. The third kappa shape index (κ3) is 5.62. The van der Waals surface area contributed by atoms with Crippen molar-refractivity contribution in [2.75, 3.05) is 12.4 Å². The lowest BCUT2D eigenvalue weighted by Crippen LogP contribution is -2.33. The minimum Gasteiger partial charge on any atom is -0.373 e. The lowest BCUT2D eigenvalue weighted by Gasteiger charge is -2.25. The second-order valence-electron chi connectivity index (χ2n) is 5.34. The van der Waals surface area contributed by atoms with Crippen molar-refractivity contribution >= 4 is 10.0 Å². The molecule has 5 heteroatoms. The minimum atomic E-state index is -3.47. The van der Waals surface area contributed by atoms with Crippen LogP contribution in [0.4, 0.5) is 0 Å². The van der Waals surface area contributed by atoms with Crippen LogP contribution >= 0.6 is 0 Å². The summed E-state index contributed by atoms with van der Waals surface area (Å²) in [6.45, 7) is 5.95. The Morgan fingerprint density at radius 2 is 1.83 bits per heavy atom. The molecular weight excluding hydrogens is 250 g/mol. The van der Waals surface area contributed by atoms with E-state index in [1.165, 1.54) is 0 Å². The van der Waals surface area contributed by atoms with Crippen molar-refractivity contribution in [3.8, 4) is 0 Å². The highest BCUT2D eigenvalue weighted by molar-refractivity contribution is 7.89. The van der Waals surface area contributed by atoms with Crippen LogP contribution in [0.3, 0.4) is 0 Å². The van der Waals surface area contributed by atoms with Crippen LogP contribution in [0.5, 0.6) is 0 Å². The Morgan fingerprint density at radius 1 is 1.28 bits per heavy atom. The second kappa shape index (κ2) is 5.82. The van der Waals surface area contributed by atoms with E-state index in [-0.39, 0.29) is 11.9 Å². The fourth-order valence-electron chi connectivity index (χ4n) is 1.76. The van der Waals surface area contributed by atoms with E-state index in [1.807, 2.05) is 51.1 Å². The van der Waals surface area contributed by atoms with Crippen LogP contribution < -0.4 is 5.14 Å². The van der Waals surface area contributed by atoms with E-state index in [0.717, 1.165) is 5.56 Å². The number of benzene rings is 1. The minimum absolute atomic E-state index is 0.0639. The molecule has 0 aliphatic rings. The summed E-state index contributed by atoms with van der Waals surface area (Å²) in [5.41, 5.74) is 0.584. The molecule has 102 valence electrons. The zero-order valence-corrected chi connectivity index (χ0v) is 11.9. The van der Waals surface area contributed by atoms with Crippen LogP contribution in [0, 0.1) is 5.41 Å². The highest BCUT2D eigenvalue weighted by Crippen LogP contribution is 2.23. The average molecular weight is 271 g/mol. The Kier molecular flexibility index (Phi) is 4.90. The van der Waals surface area contributed by atoms with Gasteiger partial charge in [-0.3, -0.25) is 0 Å². The predicted octanol–water partition coefficient (Wildman–Crippen LogP) is 2.08. The standard InChI is InChI=1S/C13H21NO3S/c1-11(12-7-5-4-6-8-12)17-9-13(2,3)10-18(14,15)16/h4-8,11H,9-10H2,1-3H3,(H2,14,15,16). The molecule has 1 unspecified atom stereocenters. The van der Waals surface area contributed by atoms with Crippen molar-refractivity contribution in [2.45, 2.75) is 26.9 Å². The number of hydrogen-bond donors (Lipinski definition) is 1. The number of rotatable bonds is 6. The van der Waals surface area contributed by atoms with Gasteiger partial charge >= 0.3 is 0 Å². The Labute approximate surface area is 109 Å². The number of ether oxygens (including phenoxy) is 1. The Bertz CT molecular complexity index is 468. The first-order valence-electron chi connectivity index (χ1n) is 5.87. The molecule has 2 N–H and O–H groups in total. The van der Waals surface area contributed by atoms with Gasteiger partial charge in [0.25, 0.3) is 0 Å². The molecule has 0 saturated heterocycles. The second-order valence-corrected chi connectivity index (χ2v) is 6.95. The van der Waals surface area contributed by atoms with Crippen molar-refractivity contribution < 1.29 is 13.2 Å². The highest BCUT2D eigenvalue weighted by Gasteiger charge is 2.25. The summed E-state index contributed by atoms with van der Waals surface area (Å²) in [5.74, 6) is -0.0818. The van der Waals surface area contributed by atoms with Crippen LogP contribution in [0.1, 0.15) is 32.4 Å². The van der Waals surface area contributed by atoms with Gasteiger partial charge in [-0.2, -0.15) is 0 Å². The van der Waals surface area contributed by atoms with Gasteiger partial charge in [-0.15, -0.1) is 0 Å². The lowest BCUT2D eigenvalue weighted by atomic mass is 9.98. The first kappa shape index (κ1) is 15.1. The Balaban J connectivity index is 2.55. The van der Waals surface area contributed by atoms with Crippen LogP contribution in [0.2, 0.25) is 0 Å². The van der Waals surface area contributed by atoms with E-state index in [2.05, 4.69) is 0 Å². The van der Waals surface area contributed by atoms with Gasteiger partial charge in [0.05, 0.1) is 18.5 Å². The smallest absolute Gasteiger partial charge is 0.209 e. The van der Waals surface area contributed by atoms with Crippen LogP contribution in [-0.2, 0) is 14.8 Å². The highest BCUT2D eigenvalue weighted by atomic mass is 32.2. The molecule has 0 fully saturated rings. The summed E-state index contributed by atoms with van der Waals surface area (Å²) in [6.07, 6.45) is -0.0639. The topological polar surface area (TPSA) is 69.4 Å². The summed E-state index contributed by atoms with van der Waals surface area (Å²) in [5, 5.41) is 5.06. The molecule has 4 nitrogen and oxygen atoms in total. The van der Waals surface area contributed by atoms with Crippen molar-refractivity contribution in [1.82, 2.24) is 0 Å². The molecule has 0 aliphatic heterocycles. The molecular formula is C13H21NO3S. The van der Waals surface area contributed by atoms with Crippen molar-refractivity contribution in [2.24, 2.45) is 10.6 Å². The summed E-state index contributed by atoms with van der Waals surface area (Å²) < 4.78 is 27.9. The number of primary sulfonamides is 1. The lowest BCUT2D eigenvalue weighted by molar-refractivity contribution is 0.0187. The average Bonchev–Trinajstić information content (AvgIpc) is 2.24. The maximum Gasteiger partial charge on any atom is 0.209 e. The summed E-state index contributed by atoms with van der Waals surface area (Å²) in [7, 11) is -3.47. The zero-order valence-electron chi connectivity index (χ0n) is 11.1. The summed E-state index contributed by atoms with van der Waals surface area (Å²) in [6, 6.07) is 9.81. The molecule has 0 bridgehead atoms. The number of hydrogen-bond acceptors (Lipinski definition) is 3. The number of sulfonamides is 1. The molecule has 0 aromatic heterocycles. The van der Waals surface area contributed by atoms with Crippen LogP contribution in [-0.4, -0.2) is 20.8 Å². The van der Waals surface area contributed by atoms with Crippen molar-refractivity contribution in [3.63, 3.8) is 0 Å². The third-order valence-corrected chi connectivity index (χ3v) is 3.77. The molecule has 0 aliphatic carbocycles. The molecule has 1 rings (SSSR count). The fraction of sp³-hybridized carbons (Fsp3) is 0.538. The van der Waals surface area contributed by atoms with E-state index < -0.39 is 15.4 Å². The third-order valence-electron chi connectivity index (χ3n) is 2.58. The maximum atomic E-state index is 11.1. The van der Waals surface area contributed by atoms with Gasteiger partial charge in [0.1, 0.15) is 0 Å². The van der Waals surface area contributed by atoms with Crippen LogP contribution in [0.15, 0.2) is 30.3 Å². The largest absolute Gasteiger partial charge is 0.373 e. The van der Waals surface area contributed by atoms with Gasteiger partial charge in [-0.25, -0.2) is 13.6 Å².